The molecule has 0 radical (unpaired) electrons. The Hall–Kier alpha value is -2.68. The van der Waals surface area contributed by atoms with Crippen molar-refractivity contribution in [1.29, 1.82) is 0 Å². The maximum Gasteiger partial charge on any atom is 0.337 e. The van der Waals surface area contributed by atoms with Gasteiger partial charge in [-0.25, -0.2) is 9.59 Å². The van der Waals surface area contributed by atoms with Crippen LogP contribution in [0.1, 0.15) is 10.4 Å². The van der Waals surface area contributed by atoms with Crippen LogP contribution in [0.25, 0.3) is 0 Å². The van der Waals surface area contributed by atoms with Gasteiger partial charge in [0.2, 0.25) is 5.13 Å². The molecule has 0 saturated heterocycles. The van der Waals surface area contributed by atoms with Crippen LogP contribution >= 0.6 is 11.3 Å². The third-order valence-corrected chi connectivity index (χ3v) is 2.89. The van der Waals surface area contributed by atoms with Gasteiger partial charge in [0, 0.05) is 6.07 Å². The lowest BCUT2D eigenvalue weighted by Crippen LogP contribution is -2.21. The van der Waals surface area contributed by atoms with E-state index < -0.39 is 12.0 Å². The molecule has 0 aliphatic rings. The summed E-state index contributed by atoms with van der Waals surface area (Å²) in [5.41, 5.74) is 1.54. The molecule has 9 heteroatoms. The summed E-state index contributed by atoms with van der Waals surface area (Å²) in [6.45, 7) is 0. The van der Waals surface area contributed by atoms with Gasteiger partial charge in [-0.2, -0.15) is 0 Å². The summed E-state index contributed by atoms with van der Waals surface area (Å²) in [4.78, 5) is 22.8. The van der Waals surface area contributed by atoms with E-state index in [1.165, 1.54) is 30.8 Å². The van der Waals surface area contributed by atoms with Gasteiger partial charge >= 0.3 is 12.0 Å². The molecule has 2 amide bonds. The van der Waals surface area contributed by atoms with E-state index in [2.05, 4.69) is 20.8 Å². The highest BCUT2D eigenvalue weighted by atomic mass is 32.1. The number of aromatic nitrogens is 2. The van der Waals surface area contributed by atoms with Gasteiger partial charge in [-0.05, 0) is 12.1 Å². The van der Waals surface area contributed by atoms with Gasteiger partial charge in [0.15, 0.2) is 0 Å². The lowest BCUT2D eigenvalue weighted by Gasteiger charge is -2.10. The molecule has 8 nitrogen and oxygen atoms in total. The monoisotopic (exact) mass is 294 g/mol. The maximum atomic E-state index is 11.7. The topological polar surface area (TPSA) is 113 Å². The van der Waals surface area contributed by atoms with Crippen molar-refractivity contribution in [2.75, 3.05) is 17.7 Å². The number of rotatable bonds is 4. The molecule has 0 aliphatic heterocycles. The van der Waals surface area contributed by atoms with Crippen LogP contribution in [-0.4, -0.2) is 34.4 Å². The average molecular weight is 294 g/mol. The molecular formula is C11H10N4O4S. The first kappa shape index (κ1) is 13.7. The predicted octanol–water partition coefficient (Wildman–Crippen LogP) is 1.89. The zero-order chi connectivity index (χ0) is 14.5. The van der Waals surface area contributed by atoms with Gasteiger partial charge < -0.3 is 15.2 Å². The fourth-order valence-electron chi connectivity index (χ4n) is 1.42. The molecule has 0 aliphatic carbocycles. The average Bonchev–Trinajstić information content (AvgIpc) is 2.90. The number of carbonyl (C=O) groups is 2. The smallest absolute Gasteiger partial charge is 0.337 e. The van der Waals surface area contributed by atoms with Crippen molar-refractivity contribution >= 4 is 34.2 Å². The second kappa shape index (κ2) is 5.97. The number of methoxy groups -OCH3 is 1. The van der Waals surface area contributed by atoms with Crippen LogP contribution in [0.3, 0.4) is 0 Å². The van der Waals surface area contributed by atoms with Gasteiger partial charge in [-0.15, -0.1) is 10.2 Å². The maximum absolute atomic E-state index is 11.7. The van der Waals surface area contributed by atoms with E-state index in [-0.39, 0.29) is 11.3 Å². The first-order chi connectivity index (χ1) is 9.60. The second-order valence-corrected chi connectivity index (χ2v) is 4.37. The van der Waals surface area contributed by atoms with Crippen molar-refractivity contribution in [3.8, 4) is 5.75 Å². The molecule has 1 aromatic carbocycles. The minimum Gasteiger partial charge on any atom is -0.497 e. The predicted molar refractivity (Wildman–Crippen MR) is 72.5 cm³/mol. The number of hydrogen-bond acceptors (Lipinski definition) is 6. The van der Waals surface area contributed by atoms with Crippen molar-refractivity contribution in [1.82, 2.24) is 10.2 Å². The first-order valence-corrected chi connectivity index (χ1v) is 6.23. The number of benzene rings is 1. The fourth-order valence-corrected chi connectivity index (χ4v) is 1.86. The molecule has 2 rings (SSSR count). The lowest BCUT2D eigenvalue weighted by atomic mass is 10.1. The number of carboxylic acids is 1. The summed E-state index contributed by atoms with van der Waals surface area (Å²) in [6, 6.07) is 3.65. The Balaban J connectivity index is 2.18. The Bertz CT molecular complexity index is 629. The number of carboxylic acid groups (broad SMARTS) is 1. The van der Waals surface area contributed by atoms with Crippen molar-refractivity contribution < 1.29 is 19.4 Å². The third-order valence-electron chi connectivity index (χ3n) is 2.29. The molecule has 104 valence electrons. The van der Waals surface area contributed by atoms with E-state index >= 15 is 0 Å². The minimum absolute atomic E-state index is 0.0433. The minimum atomic E-state index is -1.15. The van der Waals surface area contributed by atoms with Crippen LogP contribution in [0.2, 0.25) is 0 Å². The number of ether oxygens (including phenoxy) is 1. The Morgan fingerprint density at radius 2 is 2.15 bits per heavy atom. The molecule has 20 heavy (non-hydrogen) atoms. The molecule has 1 aromatic heterocycles. The molecule has 3 N–H and O–H groups in total. The van der Waals surface area contributed by atoms with Crippen molar-refractivity contribution in [2.24, 2.45) is 0 Å². The Morgan fingerprint density at radius 1 is 1.35 bits per heavy atom. The number of amides is 2. The highest BCUT2D eigenvalue weighted by Gasteiger charge is 2.14. The Morgan fingerprint density at radius 3 is 2.75 bits per heavy atom. The first-order valence-electron chi connectivity index (χ1n) is 5.35. The molecule has 0 spiro atoms. The zero-order valence-corrected chi connectivity index (χ0v) is 11.1. The molecular weight excluding hydrogens is 284 g/mol. The fraction of sp³-hybridized carbons (Fsp3) is 0.0909. The van der Waals surface area contributed by atoms with Crippen LogP contribution in [-0.2, 0) is 0 Å². The van der Waals surface area contributed by atoms with Crippen molar-refractivity contribution in [3.63, 3.8) is 0 Å². The van der Waals surface area contributed by atoms with E-state index in [0.29, 0.717) is 10.9 Å². The van der Waals surface area contributed by atoms with Crippen LogP contribution < -0.4 is 15.4 Å². The highest BCUT2D eigenvalue weighted by Crippen LogP contribution is 2.23. The quantitative estimate of drug-likeness (QED) is 0.793. The molecule has 0 atom stereocenters. The number of anilines is 2. The number of nitrogens with zero attached hydrogens (tertiary/aromatic N) is 2. The van der Waals surface area contributed by atoms with Gasteiger partial charge in [0.25, 0.3) is 0 Å². The van der Waals surface area contributed by atoms with Crippen molar-refractivity contribution in [3.05, 3.63) is 29.3 Å². The van der Waals surface area contributed by atoms with E-state index in [1.807, 2.05) is 0 Å². The largest absolute Gasteiger partial charge is 0.497 e. The third kappa shape index (κ3) is 3.20. The Kier molecular flexibility index (Phi) is 4.11. The van der Waals surface area contributed by atoms with Crippen LogP contribution in [0, 0.1) is 0 Å². The van der Waals surface area contributed by atoms with Crippen LogP contribution in [0.4, 0.5) is 15.6 Å². The number of hydrogen-bond donors (Lipinski definition) is 3. The molecule has 0 fully saturated rings. The van der Waals surface area contributed by atoms with E-state index in [9.17, 15) is 9.59 Å². The number of carbonyl (C=O) groups excluding carboxylic acids is 1. The normalized spacial score (nSPS) is 9.85. The number of aromatic carboxylic acids is 1. The summed E-state index contributed by atoms with van der Waals surface area (Å²) >= 11 is 1.14. The highest BCUT2D eigenvalue weighted by molar-refractivity contribution is 7.13. The summed E-state index contributed by atoms with van der Waals surface area (Å²) in [6.07, 6.45) is 0. The summed E-state index contributed by atoms with van der Waals surface area (Å²) in [7, 11) is 1.45. The number of urea groups is 1. The van der Waals surface area contributed by atoms with E-state index in [1.54, 1.807) is 0 Å². The van der Waals surface area contributed by atoms with Gasteiger partial charge in [-0.3, -0.25) is 5.32 Å². The summed E-state index contributed by atoms with van der Waals surface area (Å²) in [5.74, 6) is -0.722. The second-order valence-electron chi connectivity index (χ2n) is 3.54. The Labute approximate surface area is 117 Å². The van der Waals surface area contributed by atoms with Gasteiger partial charge in [0.05, 0.1) is 18.4 Å². The molecule has 0 bridgehead atoms. The van der Waals surface area contributed by atoms with Crippen LogP contribution in [0.5, 0.6) is 5.75 Å². The van der Waals surface area contributed by atoms with E-state index in [0.717, 1.165) is 11.3 Å². The van der Waals surface area contributed by atoms with Crippen molar-refractivity contribution in [2.45, 2.75) is 0 Å². The molecule has 2 aromatic rings. The molecule has 0 saturated carbocycles. The molecule has 1 heterocycles. The molecule has 0 unspecified atom stereocenters. The lowest BCUT2D eigenvalue weighted by molar-refractivity contribution is 0.0698. The van der Waals surface area contributed by atoms with Gasteiger partial charge in [0.1, 0.15) is 11.3 Å². The van der Waals surface area contributed by atoms with E-state index in [4.69, 9.17) is 9.84 Å². The number of nitrogens with one attached hydrogen (secondary N) is 2. The SMILES string of the molecule is COc1ccc(C(=O)O)c(NC(=O)Nc2nncs2)c1. The summed E-state index contributed by atoms with van der Waals surface area (Å²) < 4.78 is 4.99. The van der Waals surface area contributed by atoms with Crippen LogP contribution in [0.15, 0.2) is 23.7 Å². The summed E-state index contributed by atoms with van der Waals surface area (Å²) in [5, 5.41) is 21.5. The standard InChI is InChI=1S/C11H10N4O4S/c1-19-6-2-3-7(9(16)17)8(4-6)13-10(18)14-11-15-12-5-20-11/h2-5H,1H3,(H,16,17)(H2,13,14,15,18). The zero-order valence-electron chi connectivity index (χ0n) is 10.3. The van der Waals surface area contributed by atoms with Gasteiger partial charge in [-0.1, -0.05) is 11.3 Å².